The van der Waals surface area contributed by atoms with Gasteiger partial charge in [-0.1, -0.05) is 19.9 Å². The average Bonchev–Trinajstić information content (AvgIpc) is 2.57. The van der Waals surface area contributed by atoms with Gasteiger partial charge in [0.15, 0.2) is 11.5 Å². The summed E-state index contributed by atoms with van der Waals surface area (Å²) < 4.78 is 15.4. The molecule has 1 aliphatic carbocycles. The molecule has 2 atom stereocenters. The van der Waals surface area contributed by atoms with E-state index in [1.807, 2.05) is 6.92 Å². The van der Waals surface area contributed by atoms with Crippen LogP contribution in [-0.2, 0) is 19.0 Å². The Labute approximate surface area is 151 Å². The van der Waals surface area contributed by atoms with E-state index in [4.69, 9.17) is 19.9 Å². The minimum atomic E-state index is -2.14. The summed E-state index contributed by atoms with van der Waals surface area (Å²) in [6, 6.07) is 3.97. The maximum atomic E-state index is 12.5. The summed E-state index contributed by atoms with van der Waals surface area (Å²) in [5, 5.41) is 19.1. The smallest absolute Gasteiger partial charge is 0.504 e. The average molecular weight is 367 g/mol. The number of phenols is 2. The topological polar surface area (TPSA) is 128 Å². The molecule has 8 heteroatoms. The van der Waals surface area contributed by atoms with Crippen molar-refractivity contribution in [2.24, 2.45) is 5.73 Å². The van der Waals surface area contributed by atoms with Crippen LogP contribution in [0.2, 0.25) is 0 Å². The summed E-state index contributed by atoms with van der Waals surface area (Å²) in [6.07, 6.45) is 1.76. The molecule has 0 aliphatic heterocycles. The van der Waals surface area contributed by atoms with Gasteiger partial charge in [-0.2, -0.15) is 0 Å². The zero-order valence-electron chi connectivity index (χ0n) is 14.9. The summed E-state index contributed by atoms with van der Waals surface area (Å²) in [5.41, 5.74) is 4.38. The molecule has 144 valence electrons. The van der Waals surface area contributed by atoms with Crippen molar-refractivity contribution in [3.8, 4) is 11.5 Å². The molecule has 1 aliphatic rings. The SMILES string of the molecule is CCCOC(=O)[C@](N)(OC(=O)OC1CCC1)C(C)c1ccc(O)c(O)c1. The molecule has 26 heavy (non-hydrogen) atoms. The van der Waals surface area contributed by atoms with Crippen molar-refractivity contribution in [1.29, 1.82) is 0 Å². The van der Waals surface area contributed by atoms with Crippen molar-refractivity contribution < 1.29 is 34.0 Å². The summed E-state index contributed by atoms with van der Waals surface area (Å²) >= 11 is 0. The van der Waals surface area contributed by atoms with Crippen molar-refractivity contribution in [3.63, 3.8) is 0 Å². The fourth-order valence-corrected chi connectivity index (χ4v) is 2.46. The van der Waals surface area contributed by atoms with Gasteiger partial charge in [-0.3, -0.25) is 5.73 Å². The summed E-state index contributed by atoms with van der Waals surface area (Å²) in [5.74, 6) is -2.48. The number of carbonyl (C=O) groups is 2. The third kappa shape index (κ3) is 4.37. The first-order valence-corrected chi connectivity index (χ1v) is 8.65. The number of hydrogen-bond acceptors (Lipinski definition) is 8. The fraction of sp³-hybridized carbons (Fsp3) is 0.556. The van der Waals surface area contributed by atoms with Gasteiger partial charge >= 0.3 is 12.1 Å². The van der Waals surface area contributed by atoms with Gasteiger partial charge in [0, 0.05) is 5.92 Å². The molecule has 0 bridgehead atoms. The Morgan fingerprint density at radius 2 is 2.00 bits per heavy atom. The Morgan fingerprint density at radius 3 is 2.54 bits per heavy atom. The molecule has 1 unspecified atom stereocenters. The monoisotopic (exact) mass is 367 g/mol. The van der Waals surface area contributed by atoms with Crippen LogP contribution in [0, 0.1) is 0 Å². The van der Waals surface area contributed by atoms with Crippen LogP contribution in [0.3, 0.4) is 0 Å². The molecule has 2 rings (SSSR count). The summed E-state index contributed by atoms with van der Waals surface area (Å²) in [7, 11) is 0. The van der Waals surface area contributed by atoms with Crippen molar-refractivity contribution >= 4 is 12.1 Å². The number of carbonyl (C=O) groups excluding carboxylic acids is 2. The molecule has 0 amide bonds. The Hall–Kier alpha value is -2.48. The Morgan fingerprint density at radius 1 is 1.31 bits per heavy atom. The highest BCUT2D eigenvalue weighted by Gasteiger charge is 2.47. The third-order valence-corrected chi connectivity index (χ3v) is 4.47. The number of rotatable bonds is 7. The molecule has 8 nitrogen and oxygen atoms in total. The Kier molecular flexibility index (Phi) is 6.31. The number of nitrogens with two attached hydrogens (primary N) is 1. The van der Waals surface area contributed by atoms with Crippen molar-refractivity contribution in [3.05, 3.63) is 23.8 Å². The molecule has 0 radical (unpaired) electrons. The molecule has 1 fully saturated rings. The van der Waals surface area contributed by atoms with Crippen molar-refractivity contribution in [2.75, 3.05) is 6.61 Å². The van der Waals surface area contributed by atoms with Gasteiger partial charge < -0.3 is 24.4 Å². The van der Waals surface area contributed by atoms with E-state index in [0.29, 0.717) is 12.0 Å². The molecular formula is C18H25NO7. The minimum Gasteiger partial charge on any atom is -0.504 e. The lowest BCUT2D eigenvalue weighted by molar-refractivity contribution is -0.171. The van der Waals surface area contributed by atoms with Crippen molar-refractivity contribution in [1.82, 2.24) is 0 Å². The predicted molar refractivity (Wildman–Crippen MR) is 91.6 cm³/mol. The molecule has 1 saturated carbocycles. The standard InChI is InChI=1S/C18H25NO7/c1-3-9-24-16(22)18(19,26-17(23)25-13-5-4-6-13)11(2)12-7-8-14(20)15(21)10-12/h7-8,10-11,13,20-21H,3-6,9,19H2,1-2H3/t11?,18-/m1/s1. The lowest BCUT2D eigenvalue weighted by Crippen LogP contribution is -2.56. The maximum Gasteiger partial charge on any atom is 0.510 e. The normalized spacial score (nSPS) is 17.5. The first-order chi connectivity index (χ1) is 12.3. The maximum absolute atomic E-state index is 12.5. The van der Waals surface area contributed by atoms with E-state index in [9.17, 15) is 19.8 Å². The van der Waals surface area contributed by atoms with Gasteiger partial charge in [0.25, 0.3) is 5.72 Å². The molecule has 1 aromatic rings. The number of hydrogen-bond donors (Lipinski definition) is 3. The lowest BCUT2D eigenvalue weighted by Gasteiger charge is -2.33. The Balaban J connectivity index is 2.23. The first-order valence-electron chi connectivity index (χ1n) is 8.65. The van der Waals surface area contributed by atoms with Gasteiger partial charge in [-0.05, 0) is 43.4 Å². The highest BCUT2D eigenvalue weighted by Crippen LogP contribution is 2.34. The largest absolute Gasteiger partial charge is 0.510 e. The van der Waals surface area contributed by atoms with Crippen LogP contribution in [-0.4, -0.2) is 40.8 Å². The second kappa shape index (κ2) is 8.27. The molecule has 0 aromatic heterocycles. The van der Waals surface area contributed by atoms with E-state index in [1.165, 1.54) is 18.2 Å². The van der Waals surface area contributed by atoms with Crippen molar-refractivity contribution in [2.45, 2.75) is 57.3 Å². The van der Waals surface area contributed by atoms with Crippen LogP contribution in [0.4, 0.5) is 4.79 Å². The van der Waals surface area contributed by atoms with E-state index in [0.717, 1.165) is 19.3 Å². The molecule has 0 spiro atoms. The van der Waals surface area contributed by atoms with Gasteiger partial charge in [0.05, 0.1) is 6.61 Å². The van der Waals surface area contributed by atoms with E-state index >= 15 is 0 Å². The predicted octanol–water partition coefficient (Wildman–Crippen LogP) is 2.52. The van der Waals surface area contributed by atoms with Crippen LogP contribution >= 0.6 is 0 Å². The molecule has 0 saturated heterocycles. The van der Waals surface area contributed by atoms with Gasteiger partial charge in [0.1, 0.15) is 6.10 Å². The zero-order valence-corrected chi connectivity index (χ0v) is 14.9. The zero-order chi connectivity index (χ0) is 19.3. The lowest BCUT2D eigenvalue weighted by atomic mass is 9.90. The second-order valence-corrected chi connectivity index (χ2v) is 6.42. The van der Waals surface area contributed by atoms with E-state index in [-0.39, 0.29) is 24.2 Å². The second-order valence-electron chi connectivity index (χ2n) is 6.42. The summed E-state index contributed by atoms with van der Waals surface area (Å²) in [4.78, 5) is 24.6. The molecule has 1 aromatic carbocycles. The number of esters is 1. The van der Waals surface area contributed by atoms with Crippen LogP contribution < -0.4 is 5.73 Å². The van der Waals surface area contributed by atoms with E-state index in [2.05, 4.69) is 0 Å². The quantitative estimate of drug-likeness (QED) is 0.381. The highest BCUT2D eigenvalue weighted by molar-refractivity contribution is 5.83. The van der Waals surface area contributed by atoms with E-state index in [1.54, 1.807) is 6.92 Å². The third-order valence-electron chi connectivity index (χ3n) is 4.47. The van der Waals surface area contributed by atoms with Crippen LogP contribution in [0.5, 0.6) is 11.5 Å². The number of ether oxygens (including phenoxy) is 3. The van der Waals surface area contributed by atoms with Gasteiger partial charge in [-0.15, -0.1) is 0 Å². The number of phenolic OH excluding ortho intramolecular Hbond substituents is 2. The van der Waals surface area contributed by atoms with Crippen LogP contribution in [0.15, 0.2) is 18.2 Å². The molecular weight excluding hydrogens is 342 g/mol. The minimum absolute atomic E-state index is 0.117. The number of aromatic hydroxyl groups is 2. The van der Waals surface area contributed by atoms with Crippen LogP contribution in [0.1, 0.15) is 51.0 Å². The molecule has 0 heterocycles. The van der Waals surface area contributed by atoms with E-state index < -0.39 is 23.8 Å². The summed E-state index contributed by atoms with van der Waals surface area (Å²) in [6.45, 7) is 3.49. The highest BCUT2D eigenvalue weighted by atomic mass is 16.7. The fourth-order valence-electron chi connectivity index (χ4n) is 2.46. The van der Waals surface area contributed by atoms with Gasteiger partial charge in [0.2, 0.25) is 0 Å². The van der Waals surface area contributed by atoms with Crippen LogP contribution in [0.25, 0.3) is 0 Å². The molecule has 4 N–H and O–H groups in total. The number of benzene rings is 1. The Bertz CT molecular complexity index is 659. The first kappa shape index (κ1) is 19.8. The van der Waals surface area contributed by atoms with Gasteiger partial charge in [-0.25, -0.2) is 9.59 Å².